The summed E-state index contributed by atoms with van der Waals surface area (Å²) in [7, 11) is 4.04. The quantitative estimate of drug-likeness (QED) is 0.873. The number of likely N-dealkylation sites (tertiary alicyclic amines) is 1. The van der Waals surface area contributed by atoms with Gasteiger partial charge in [0.2, 0.25) is 0 Å². The Hall–Kier alpha value is -1.13. The number of β-amino-alcohol motifs (C(OH)–C–C–N with tert-alkyl or cyclic N) is 1. The number of aromatic nitrogens is 1. The molecule has 0 amide bonds. The normalized spacial score (nSPS) is 20.9. The number of pyridine rings is 1. The highest BCUT2D eigenvalue weighted by atomic mass is 16.3. The Kier molecular flexibility index (Phi) is 4.55. The van der Waals surface area contributed by atoms with E-state index in [1.54, 1.807) is 0 Å². The number of piperidine rings is 1. The van der Waals surface area contributed by atoms with Crippen molar-refractivity contribution in [3.8, 4) is 0 Å². The van der Waals surface area contributed by atoms with Crippen molar-refractivity contribution in [3.63, 3.8) is 0 Å². The van der Waals surface area contributed by atoms with E-state index < -0.39 is 0 Å². The summed E-state index contributed by atoms with van der Waals surface area (Å²) >= 11 is 0. The van der Waals surface area contributed by atoms with Crippen LogP contribution in [0, 0.1) is 0 Å². The molecule has 0 radical (unpaired) electrons. The summed E-state index contributed by atoms with van der Waals surface area (Å²) in [4.78, 5) is 9.10. The number of hydrogen-bond donors (Lipinski definition) is 1. The highest BCUT2D eigenvalue weighted by Crippen LogP contribution is 2.26. The molecule has 4 nitrogen and oxygen atoms in total. The maximum absolute atomic E-state index is 9.03. The molecule has 1 aromatic rings. The third-order valence-electron chi connectivity index (χ3n) is 3.55. The van der Waals surface area contributed by atoms with Crippen molar-refractivity contribution >= 4 is 5.82 Å². The van der Waals surface area contributed by atoms with Gasteiger partial charge in [-0.1, -0.05) is 6.07 Å². The predicted octanol–water partition coefficient (Wildman–Crippen LogP) is 1.32. The molecule has 1 aliphatic rings. The van der Waals surface area contributed by atoms with E-state index in [1.165, 1.54) is 18.5 Å². The van der Waals surface area contributed by atoms with Gasteiger partial charge in [0.25, 0.3) is 0 Å². The van der Waals surface area contributed by atoms with Gasteiger partial charge in [0.15, 0.2) is 0 Å². The zero-order valence-corrected chi connectivity index (χ0v) is 11.3. The number of nitrogens with zero attached hydrogens (tertiary/aromatic N) is 3. The number of aliphatic hydroxyl groups is 1. The first-order chi connectivity index (χ1) is 8.70. The van der Waals surface area contributed by atoms with Crippen molar-refractivity contribution in [1.29, 1.82) is 0 Å². The van der Waals surface area contributed by atoms with Gasteiger partial charge in [-0.3, -0.25) is 0 Å². The Balaban J connectivity index is 2.08. The first-order valence-corrected chi connectivity index (χ1v) is 6.68. The molecule has 0 spiro atoms. The molecule has 0 saturated carbocycles. The van der Waals surface area contributed by atoms with Gasteiger partial charge in [0, 0.05) is 38.8 Å². The average Bonchev–Trinajstić information content (AvgIpc) is 2.39. The van der Waals surface area contributed by atoms with E-state index in [2.05, 4.69) is 17.0 Å². The second-order valence-corrected chi connectivity index (χ2v) is 5.18. The van der Waals surface area contributed by atoms with Crippen LogP contribution in [0.4, 0.5) is 5.82 Å². The van der Waals surface area contributed by atoms with Crippen LogP contribution in [-0.2, 0) is 0 Å². The van der Waals surface area contributed by atoms with Crippen LogP contribution in [0.15, 0.2) is 18.2 Å². The van der Waals surface area contributed by atoms with E-state index in [-0.39, 0.29) is 6.61 Å². The van der Waals surface area contributed by atoms with E-state index in [9.17, 15) is 0 Å². The zero-order chi connectivity index (χ0) is 13.0. The Morgan fingerprint density at radius 1 is 1.44 bits per heavy atom. The smallest absolute Gasteiger partial charge is 0.128 e. The molecule has 0 aliphatic carbocycles. The number of rotatable bonds is 4. The Bertz CT molecular complexity index is 379. The largest absolute Gasteiger partial charge is 0.395 e. The number of aliphatic hydroxyl groups excluding tert-OH is 1. The molecular weight excluding hydrogens is 226 g/mol. The van der Waals surface area contributed by atoms with Gasteiger partial charge in [0.05, 0.1) is 6.61 Å². The van der Waals surface area contributed by atoms with Crippen molar-refractivity contribution in [2.45, 2.75) is 18.8 Å². The van der Waals surface area contributed by atoms with Gasteiger partial charge < -0.3 is 14.9 Å². The van der Waals surface area contributed by atoms with Gasteiger partial charge >= 0.3 is 0 Å². The molecule has 2 rings (SSSR count). The van der Waals surface area contributed by atoms with Crippen molar-refractivity contribution in [2.75, 3.05) is 45.2 Å². The van der Waals surface area contributed by atoms with Gasteiger partial charge in [-0.2, -0.15) is 0 Å². The first-order valence-electron chi connectivity index (χ1n) is 6.68. The summed E-state index contributed by atoms with van der Waals surface area (Å²) in [5.74, 6) is 1.52. The molecule has 2 heterocycles. The van der Waals surface area contributed by atoms with Crippen LogP contribution in [-0.4, -0.2) is 55.3 Å². The maximum Gasteiger partial charge on any atom is 0.128 e. The number of hydrogen-bond acceptors (Lipinski definition) is 4. The van der Waals surface area contributed by atoms with Crippen LogP contribution in [0.5, 0.6) is 0 Å². The fraction of sp³-hybridized carbons (Fsp3) is 0.643. The van der Waals surface area contributed by atoms with Crippen molar-refractivity contribution in [1.82, 2.24) is 9.88 Å². The number of anilines is 1. The third-order valence-corrected chi connectivity index (χ3v) is 3.55. The topological polar surface area (TPSA) is 39.6 Å². The first kappa shape index (κ1) is 13.3. The second kappa shape index (κ2) is 6.16. The molecule has 1 saturated heterocycles. The van der Waals surface area contributed by atoms with Crippen molar-refractivity contribution in [2.24, 2.45) is 0 Å². The summed E-state index contributed by atoms with van der Waals surface area (Å²) in [6.07, 6.45) is 2.39. The molecule has 1 aromatic heterocycles. The van der Waals surface area contributed by atoms with E-state index in [0.29, 0.717) is 5.92 Å². The van der Waals surface area contributed by atoms with Gasteiger partial charge in [-0.15, -0.1) is 0 Å². The minimum atomic E-state index is 0.248. The maximum atomic E-state index is 9.03. The summed E-state index contributed by atoms with van der Waals surface area (Å²) in [5.41, 5.74) is 1.18. The van der Waals surface area contributed by atoms with E-state index in [4.69, 9.17) is 10.1 Å². The monoisotopic (exact) mass is 249 g/mol. The van der Waals surface area contributed by atoms with Crippen LogP contribution in [0.25, 0.3) is 0 Å². The van der Waals surface area contributed by atoms with Crippen LogP contribution in [0.2, 0.25) is 0 Å². The molecule has 0 bridgehead atoms. The van der Waals surface area contributed by atoms with E-state index in [1.807, 2.05) is 25.1 Å². The molecule has 0 aromatic carbocycles. The molecule has 4 heteroatoms. The summed E-state index contributed by atoms with van der Waals surface area (Å²) in [6.45, 7) is 3.15. The molecule has 1 atom stereocenters. The van der Waals surface area contributed by atoms with E-state index >= 15 is 0 Å². The molecule has 1 N–H and O–H groups in total. The van der Waals surface area contributed by atoms with Crippen LogP contribution >= 0.6 is 0 Å². The SMILES string of the molecule is CN(C)c1cccc([C@H]2CCCN(CCO)C2)n1. The lowest BCUT2D eigenvalue weighted by Crippen LogP contribution is -2.36. The third kappa shape index (κ3) is 3.21. The molecular formula is C14H23N3O. The highest BCUT2D eigenvalue weighted by Gasteiger charge is 2.22. The minimum Gasteiger partial charge on any atom is -0.395 e. The second-order valence-electron chi connectivity index (χ2n) is 5.18. The Morgan fingerprint density at radius 2 is 2.28 bits per heavy atom. The lowest BCUT2D eigenvalue weighted by molar-refractivity contribution is 0.160. The molecule has 1 aliphatic heterocycles. The minimum absolute atomic E-state index is 0.248. The zero-order valence-electron chi connectivity index (χ0n) is 11.3. The molecule has 0 unspecified atom stereocenters. The standard InChI is InChI=1S/C14H23N3O/c1-16(2)14-7-3-6-13(15-14)12-5-4-8-17(11-12)9-10-18/h3,6-7,12,18H,4-5,8-11H2,1-2H3/t12-/m0/s1. The van der Waals surface area contributed by atoms with Gasteiger partial charge in [0.1, 0.15) is 5.82 Å². The summed E-state index contributed by atoms with van der Waals surface area (Å²) in [6, 6.07) is 6.25. The lowest BCUT2D eigenvalue weighted by atomic mass is 9.94. The van der Waals surface area contributed by atoms with Crippen LogP contribution in [0.3, 0.4) is 0 Å². The average molecular weight is 249 g/mol. The molecule has 1 fully saturated rings. The summed E-state index contributed by atoms with van der Waals surface area (Å²) < 4.78 is 0. The van der Waals surface area contributed by atoms with Crippen LogP contribution in [0.1, 0.15) is 24.5 Å². The Labute approximate surface area is 109 Å². The Morgan fingerprint density at radius 3 is 3.00 bits per heavy atom. The van der Waals surface area contributed by atoms with Gasteiger partial charge in [-0.05, 0) is 31.5 Å². The van der Waals surface area contributed by atoms with Crippen LogP contribution < -0.4 is 4.90 Å². The molecule has 18 heavy (non-hydrogen) atoms. The van der Waals surface area contributed by atoms with Gasteiger partial charge in [-0.25, -0.2) is 4.98 Å². The summed E-state index contributed by atoms with van der Waals surface area (Å²) in [5, 5.41) is 9.03. The fourth-order valence-corrected chi connectivity index (χ4v) is 2.56. The fourth-order valence-electron chi connectivity index (χ4n) is 2.56. The molecule has 100 valence electrons. The highest BCUT2D eigenvalue weighted by molar-refractivity contribution is 5.37. The van der Waals surface area contributed by atoms with Crippen molar-refractivity contribution < 1.29 is 5.11 Å². The van der Waals surface area contributed by atoms with E-state index in [0.717, 1.165) is 25.5 Å². The van der Waals surface area contributed by atoms with Crippen molar-refractivity contribution in [3.05, 3.63) is 23.9 Å². The predicted molar refractivity (Wildman–Crippen MR) is 74.1 cm³/mol. The lowest BCUT2D eigenvalue weighted by Gasteiger charge is -2.32.